The van der Waals surface area contributed by atoms with Crippen LogP contribution in [0.2, 0.25) is 0 Å². The van der Waals surface area contributed by atoms with Crippen molar-refractivity contribution in [1.82, 2.24) is 4.98 Å². The molecule has 0 radical (unpaired) electrons. The highest BCUT2D eigenvalue weighted by molar-refractivity contribution is 5.34. The normalized spacial score (nSPS) is 9.92. The fourth-order valence-electron chi connectivity index (χ4n) is 0.804. The highest BCUT2D eigenvalue weighted by Crippen LogP contribution is 2.18. The number of H-pyrrole nitrogens is 1. The minimum absolute atomic E-state index is 0.167. The molecule has 1 heterocycles. The van der Waals surface area contributed by atoms with Gasteiger partial charge in [0.2, 0.25) is 5.75 Å². The summed E-state index contributed by atoms with van der Waals surface area (Å²) in [6.45, 7) is 0.708. The maximum Gasteiger partial charge on any atom is 0.294 e. The Morgan fingerprint density at radius 2 is 2.31 bits per heavy atom. The average molecular weight is 185 g/mol. The predicted molar refractivity (Wildman–Crippen MR) is 46.1 cm³/mol. The zero-order chi connectivity index (χ0) is 9.68. The first-order chi connectivity index (χ1) is 6.25. The summed E-state index contributed by atoms with van der Waals surface area (Å²) < 4.78 is 9.80. The maximum absolute atomic E-state index is 10.9. The topological polar surface area (TPSA) is 71.5 Å². The fraction of sp³-hybridized carbons (Fsp3) is 0.375. The Morgan fingerprint density at radius 1 is 1.54 bits per heavy atom. The molecule has 0 saturated carbocycles. The van der Waals surface area contributed by atoms with Gasteiger partial charge < -0.3 is 19.6 Å². The number of aromatic hydroxyl groups is 1. The van der Waals surface area contributed by atoms with Crippen molar-refractivity contribution in [3.63, 3.8) is 0 Å². The van der Waals surface area contributed by atoms with Crippen LogP contribution in [0.1, 0.15) is 0 Å². The number of ether oxygens (including phenoxy) is 2. The molecule has 0 aliphatic carbocycles. The number of nitrogens with one attached hydrogen (secondary N) is 1. The third kappa shape index (κ3) is 2.48. The average Bonchev–Trinajstić information content (AvgIpc) is 2.13. The Kier molecular flexibility index (Phi) is 3.33. The summed E-state index contributed by atoms with van der Waals surface area (Å²) >= 11 is 0. The molecule has 0 fully saturated rings. The second kappa shape index (κ2) is 4.51. The Morgan fingerprint density at radius 3 is 3.00 bits per heavy atom. The zero-order valence-corrected chi connectivity index (χ0v) is 7.24. The van der Waals surface area contributed by atoms with E-state index >= 15 is 0 Å². The Balaban J connectivity index is 2.66. The summed E-state index contributed by atoms with van der Waals surface area (Å²) in [5.41, 5.74) is -0.560. The lowest BCUT2D eigenvalue weighted by atomic mass is 10.4. The van der Waals surface area contributed by atoms with Gasteiger partial charge in [-0.1, -0.05) is 0 Å². The summed E-state index contributed by atoms with van der Waals surface area (Å²) in [6, 6.07) is 1.48. The van der Waals surface area contributed by atoms with E-state index in [0.717, 1.165) is 0 Å². The second-order valence-corrected chi connectivity index (χ2v) is 2.36. The minimum atomic E-state index is -0.560. The number of hydrogen-bond acceptors (Lipinski definition) is 4. The lowest BCUT2D eigenvalue weighted by Crippen LogP contribution is -2.09. The predicted octanol–water partition coefficient (Wildman–Crippen LogP) is 0.106. The van der Waals surface area contributed by atoms with Gasteiger partial charge in [-0.25, -0.2) is 0 Å². The van der Waals surface area contributed by atoms with Crippen molar-refractivity contribution in [1.29, 1.82) is 0 Å². The van der Waals surface area contributed by atoms with Crippen LogP contribution in [0.3, 0.4) is 0 Å². The molecule has 13 heavy (non-hydrogen) atoms. The smallest absolute Gasteiger partial charge is 0.294 e. The molecule has 2 N–H and O–H groups in total. The number of aromatic amines is 1. The van der Waals surface area contributed by atoms with Crippen molar-refractivity contribution in [3.05, 3.63) is 22.6 Å². The minimum Gasteiger partial charge on any atom is -0.500 e. The van der Waals surface area contributed by atoms with Crippen LogP contribution < -0.4 is 10.3 Å². The van der Waals surface area contributed by atoms with Gasteiger partial charge in [0.15, 0.2) is 5.75 Å². The molecule has 0 aromatic carbocycles. The maximum atomic E-state index is 10.9. The molecule has 1 rings (SSSR count). The van der Waals surface area contributed by atoms with E-state index in [1.807, 2.05) is 0 Å². The third-order valence-corrected chi connectivity index (χ3v) is 1.44. The van der Waals surface area contributed by atoms with Crippen LogP contribution in [-0.2, 0) is 4.74 Å². The van der Waals surface area contributed by atoms with Crippen LogP contribution in [-0.4, -0.2) is 30.4 Å². The summed E-state index contributed by atoms with van der Waals surface area (Å²) in [7, 11) is 1.54. The molecule has 0 atom stereocenters. The molecule has 72 valence electrons. The Hall–Kier alpha value is -1.49. The molecule has 1 aromatic heterocycles. The van der Waals surface area contributed by atoms with Crippen LogP contribution in [0, 0.1) is 0 Å². The first-order valence-electron chi connectivity index (χ1n) is 3.78. The van der Waals surface area contributed by atoms with Gasteiger partial charge in [0.1, 0.15) is 6.61 Å². The summed E-state index contributed by atoms with van der Waals surface area (Å²) in [4.78, 5) is 13.2. The van der Waals surface area contributed by atoms with Gasteiger partial charge in [0.25, 0.3) is 5.56 Å². The number of pyridine rings is 1. The van der Waals surface area contributed by atoms with Crippen LogP contribution in [0.15, 0.2) is 17.1 Å². The molecule has 5 nitrogen and oxygen atoms in total. The number of rotatable bonds is 4. The van der Waals surface area contributed by atoms with Gasteiger partial charge in [-0.2, -0.15) is 0 Å². The number of aromatic nitrogens is 1. The van der Waals surface area contributed by atoms with E-state index in [1.165, 1.54) is 12.3 Å². The third-order valence-electron chi connectivity index (χ3n) is 1.44. The fourth-order valence-corrected chi connectivity index (χ4v) is 0.804. The van der Waals surface area contributed by atoms with Crippen molar-refractivity contribution < 1.29 is 14.6 Å². The number of hydrogen-bond donors (Lipinski definition) is 2. The molecule has 0 aliphatic rings. The quantitative estimate of drug-likeness (QED) is 0.653. The van der Waals surface area contributed by atoms with E-state index in [2.05, 4.69) is 4.98 Å². The first-order valence-corrected chi connectivity index (χ1v) is 3.78. The number of methoxy groups -OCH3 is 1. The molecular weight excluding hydrogens is 174 g/mol. The largest absolute Gasteiger partial charge is 0.500 e. The van der Waals surface area contributed by atoms with Gasteiger partial charge >= 0.3 is 0 Å². The van der Waals surface area contributed by atoms with Crippen LogP contribution in [0.4, 0.5) is 0 Å². The van der Waals surface area contributed by atoms with Crippen LogP contribution >= 0.6 is 0 Å². The molecule has 5 heteroatoms. The summed E-state index contributed by atoms with van der Waals surface area (Å²) in [6.07, 6.45) is 1.41. The first kappa shape index (κ1) is 9.60. The molecule has 1 aromatic rings. The van der Waals surface area contributed by atoms with E-state index < -0.39 is 11.3 Å². The molecule has 0 amide bonds. The van der Waals surface area contributed by atoms with E-state index in [9.17, 15) is 9.90 Å². The molecule has 0 saturated heterocycles. The summed E-state index contributed by atoms with van der Waals surface area (Å²) in [5, 5.41) is 9.19. The van der Waals surface area contributed by atoms with Crippen molar-refractivity contribution in [3.8, 4) is 11.5 Å². The lowest BCUT2D eigenvalue weighted by molar-refractivity contribution is 0.144. The van der Waals surface area contributed by atoms with Crippen LogP contribution in [0.25, 0.3) is 0 Å². The van der Waals surface area contributed by atoms with Crippen molar-refractivity contribution in [2.75, 3.05) is 20.3 Å². The van der Waals surface area contributed by atoms with E-state index in [0.29, 0.717) is 13.2 Å². The van der Waals surface area contributed by atoms with Crippen molar-refractivity contribution in [2.45, 2.75) is 0 Å². The monoisotopic (exact) mass is 185 g/mol. The van der Waals surface area contributed by atoms with Gasteiger partial charge in [-0.05, 0) is 0 Å². The summed E-state index contributed by atoms with van der Waals surface area (Å²) in [5.74, 6) is -0.237. The van der Waals surface area contributed by atoms with Gasteiger partial charge in [-0.3, -0.25) is 4.79 Å². The zero-order valence-electron chi connectivity index (χ0n) is 7.24. The van der Waals surface area contributed by atoms with Crippen molar-refractivity contribution in [2.24, 2.45) is 0 Å². The second-order valence-electron chi connectivity index (χ2n) is 2.36. The molecule has 0 spiro atoms. The van der Waals surface area contributed by atoms with Crippen LogP contribution in [0.5, 0.6) is 11.5 Å². The Labute approximate surface area is 74.9 Å². The lowest BCUT2D eigenvalue weighted by Gasteiger charge is -2.05. The molecular formula is C8H11NO4. The molecule has 0 aliphatic heterocycles. The highest BCUT2D eigenvalue weighted by atomic mass is 16.5. The molecule has 0 unspecified atom stereocenters. The van der Waals surface area contributed by atoms with E-state index in [1.54, 1.807) is 7.11 Å². The SMILES string of the molecule is COCCOc1cc[nH]c(=O)c1O. The van der Waals surface area contributed by atoms with Gasteiger partial charge in [-0.15, -0.1) is 0 Å². The van der Waals surface area contributed by atoms with Crippen molar-refractivity contribution >= 4 is 0 Å². The van der Waals surface area contributed by atoms with Gasteiger partial charge in [0.05, 0.1) is 6.61 Å². The highest BCUT2D eigenvalue weighted by Gasteiger charge is 2.04. The van der Waals surface area contributed by atoms with E-state index in [4.69, 9.17) is 9.47 Å². The van der Waals surface area contributed by atoms with E-state index in [-0.39, 0.29) is 5.75 Å². The standard InChI is InChI=1S/C8H11NO4/c1-12-4-5-13-6-2-3-9-8(11)7(6)10/h2-3,10H,4-5H2,1H3,(H,9,11). The van der Waals surface area contributed by atoms with Gasteiger partial charge in [0, 0.05) is 19.4 Å². The molecule has 0 bridgehead atoms. The Bertz CT molecular complexity index is 320.